The van der Waals surface area contributed by atoms with E-state index in [1.54, 1.807) is 11.1 Å². The van der Waals surface area contributed by atoms with Crippen LogP contribution in [0.2, 0.25) is 0 Å². The molecule has 0 saturated carbocycles. The van der Waals surface area contributed by atoms with Gasteiger partial charge in [-0.2, -0.15) is 0 Å². The van der Waals surface area contributed by atoms with Crippen molar-refractivity contribution in [1.29, 1.82) is 0 Å². The van der Waals surface area contributed by atoms with Crippen molar-refractivity contribution < 1.29 is 4.79 Å². The van der Waals surface area contributed by atoms with Gasteiger partial charge < -0.3 is 9.80 Å². The number of hydrogen-bond acceptors (Lipinski definition) is 4. The molecule has 0 aliphatic rings. The van der Waals surface area contributed by atoms with E-state index in [2.05, 4.69) is 27.9 Å². The highest BCUT2D eigenvalue weighted by Crippen LogP contribution is 2.25. The van der Waals surface area contributed by atoms with Crippen LogP contribution in [-0.2, 0) is 6.54 Å². The van der Waals surface area contributed by atoms with Crippen molar-refractivity contribution in [3.63, 3.8) is 0 Å². The van der Waals surface area contributed by atoms with Crippen molar-refractivity contribution in [2.75, 3.05) is 21.1 Å². The van der Waals surface area contributed by atoms with Gasteiger partial charge in [0, 0.05) is 37.1 Å². The van der Waals surface area contributed by atoms with Crippen LogP contribution in [0.1, 0.15) is 41.0 Å². The highest BCUT2D eigenvalue weighted by Gasteiger charge is 2.22. The molecule has 1 aromatic carbocycles. The average Bonchev–Trinajstić information content (AvgIpc) is 2.74. The lowest BCUT2D eigenvalue weighted by Gasteiger charge is -2.27. The molecule has 150 valence electrons. The van der Waals surface area contributed by atoms with Crippen LogP contribution in [0.3, 0.4) is 0 Å². The molecule has 0 bridgehead atoms. The van der Waals surface area contributed by atoms with Crippen molar-refractivity contribution >= 4 is 5.91 Å². The Kier molecular flexibility index (Phi) is 6.73. The second-order valence-electron chi connectivity index (χ2n) is 7.46. The van der Waals surface area contributed by atoms with Gasteiger partial charge in [-0.1, -0.05) is 31.2 Å². The van der Waals surface area contributed by atoms with E-state index in [1.165, 1.54) is 0 Å². The molecule has 1 amide bonds. The molecule has 0 spiro atoms. The molecule has 0 N–H and O–H groups in total. The summed E-state index contributed by atoms with van der Waals surface area (Å²) in [5.74, 6) is -0.0198. The van der Waals surface area contributed by atoms with Crippen molar-refractivity contribution in [3.8, 4) is 11.3 Å². The number of amides is 1. The average molecular weight is 389 g/mol. The molecule has 0 saturated heterocycles. The first-order valence-corrected chi connectivity index (χ1v) is 9.87. The van der Waals surface area contributed by atoms with Gasteiger partial charge in [0.15, 0.2) is 0 Å². The number of pyridine rings is 2. The zero-order valence-corrected chi connectivity index (χ0v) is 17.5. The van der Waals surface area contributed by atoms with Crippen LogP contribution in [0.4, 0.5) is 0 Å². The smallest absolute Gasteiger partial charge is 0.254 e. The lowest BCUT2D eigenvalue weighted by Crippen LogP contribution is -2.31. The fraction of sp³-hybridized carbons (Fsp3) is 0.292. The number of rotatable bonds is 7. The maximum Gasteiger partial charge on any atom is 0.254 e. The molecular formula is C24H28N4O. The quantitative estimate of drug-likeness (QED) is 0.601. The number of benzene rings is 1. The maximum atomic E-state index is 13.1. The predicted molar refractivity (Wildman–Crippen MR) is 116 cm³/mol. The molecular weight excluding hydrogens is 360 g/mol. The van der Waals surface area contributed by atoms with Crippen LogP contribution < -0.4 is 0 Å². The zero-order valence-electron chi connectivity index (χ0n) is 17.5. The summed E-state index contributed by atoms with van der Waals surface area (Å²) in [6.45, 7) is 2.92. The summed E-state index contributed by atoms with van der Waals surface area (Å²) < 4.78 is 0. The Morgan fingerprint density at radius 1 is 1.00 bits per heavy atom. The topological polar surface area (TPSA) is 49.3 Å². The second-order valence-corrected chi connectivity index (χ2v) is 7.46. The zero-order chi connectivity index (χ0) is 20.8. The third-order valence-corrected chi connectivity index (χ3v) is 4.93. The maximum absolute atomic E-state index is 13.1. The van der Waals surface area contributed by atoms with Crippen molar-refractivity contribution in [2.24, 2.45) is 0 Å². The first-order chi connectivity index (χ1) is 14.0. The minimum atomic E-state index is -0.0594. The van der Waals surface area contributed by atoms with E-state index in [9.17, 15) is 4.79 Å². The molecule has 0 fully saturated rings. The largest absolute Gasteiger partial charge is 0.333 e. The van der Waals surface area contributed by atoms with E-state index in [1.807, 2.05) is 75.9 Å². The Bertz CT molecular complexity index is 939. The monoisotopic (exact) mass is 388 g/mol. The molecule has 1 atom stereocenters. The Hall–Kier alpha value is -3.05. The van der Waals surface area contributed by atoms with E-state index >= 15 is 0 Å². The highest BCUT2D eigenvalue weighted by molar-refractivity contribution is 5.95. The number of hydrogen-bond donors (Lipinski definition) is 0. The molecule has 5 heteroatoms. The normalized spacial score (nSPS) is 12.0. The summed E-state index contributed by atoms with van der Waals surface area (Å²) in [5.41, 5.74) is 4.51. The van der Waals surface area contributed by atoms with Crippen LogP contribution in [0.15, 0.2) is 67.0 Å². The number of nitrogens with zero attached hydrogens (tertiary/aromatic N) is 4. The predicted octanol–water partition coefficient (Wildman–Crippen LogP) is 4.43. The summed E-state index contributed by atoms with van der Waals surface area (Å²) in [5, 5.41) is 0. The van der Waals surface area contributed by atoms with Crippen molar-refractivity contribution in [1.82, 2.24) is 19.8 Å². The van der Waals surface area contributed by atoms with Gasteiger partial charge in [0.25, 0.3) is 5.91 Å². The fourth-order valence-electron chi connectivity index (χ4n) is 3.47. The Labute approximate surface area is 173 Å². The molecule has 3 rings (SSSR count). The Morgan fingerprint density at radius 3 is 2.45 bits per heavy atom. The lowest BCUT2D eigenvalue weighted by atomic mass is 10.0. The standard InChI is InChI=1S/C24H28N4O/c1-5-23(22-11-6-7-14-25-22)28(4)24(29)20-10-8-9-19(15-20)21-13-12-18(16-26-21)17-27(2)3/h6-16,23H,5,17H2,1-4H3/t23-/m1/s1. The van der Waals surface area contributed by atoms with Crippen molar-refractivity contribution in [3.05, 3.63) is 83.8 Å². The van der Waals surface area contributed by atoms with E-state index in [4.69, 9.17) is 0 Å². The van der Waals surface area contributed by atoms with Gasteiger partial charge in [-0.3, -0.25) is 14.8 Å². The van der Waals surface area contributed by atoms with Crippen LogP contribution in [-0.4, -0.2) is 46.8 Å². The SMILES string of the molecule is CC[C@H](c1ccccn1)N(C)C(=O)c1cccc(-c2ccc(CN(C)C)cn2)c1. The lowest BCUT2D eigenvalue weighted by molar-refractivity contribution is 0.0723. The fourth-order valence-corrected chi connectivity index (χ4v) is 3.47. The van der Waals surface area contributed by atoms with E-state index in [-0.39, 0.29) is 11.9 Å². The minimum absolute atomic E-state index is 0.0198. The number of carbonyl (C=O) groups excluding carboxylic acids is 1. The second kappa shape index (κ2) is 9.43. The molecule has 2 heterocycles. The van der Waals surface area contributed by atoms with E-state index in [0.717, 1.165) is 35.5 Å². The molecule has 0 unspecified atom stereocenters. The highest BCUT2D eigenvalue weighted by atomic mass is 16.2. The minimum Gasteiger partial charge on any atom is -0.333 e. The molecule has 2 aromatic heterocycles. The van der Waals surface area contributed by atoms with Crippen LogP contribution in [0.5, 0.6) is 0 Å². The van der Waals surface area contributed by atoms with Gasteiger partial charge in [0.05, 0.1) is 17.4 Å². The Morgan fingerprint density at radius 2 is 1.83 bits per heavy atom. The molecule has 0 radical (unpaired) electrons. The summed E-state index contributed by atoms with van der Waals surface area (Å²) in [6, 6.07) is 17.5. The van der Waals surface area contributed by atoms with Gasteiger partial charge in [0.1, 0.15) is 0 Å². The molecule has 29 heavy (non-hydrogen) atoms. The summed E-state index contributed by atoms with van der Waals surface area (Å²) in [6.07, 6.45) is 4.46. The summed E-state index contributed by atoms with van der Waals surface area (Å²) in [4.78, 5) is 26.0. The number of aromatic nitrogens is 2. The van der Waals surface area contributed by atoms with Gasteiger partial charge in [0.2, 0.25) is 0 Å². The third-order valence-electron chi connectivity index (χ3n) is 4.93. The summed E-state index contributed by atoms with van der Waals surface area (Å²) >= 11 is 0. The van der Waals surface area contributed by atoms with E-state index in [0.29, 0.717) is 5.56 Å². The first kappa shape index (κ1) is 20.7. The molecule has 3 aromatic rings. The van der Waals surface area contributed by atoms with Gasteiger partial charge >= 0.3 is 0 Å². The molecule has 0 aliphatic heterocycles. The first-order valence-electron chi connectivity index (χ1n) is 9.87. The van der Waals surface area contributed by atoms with Gasteiger partial charge in [-0.15, -0.1) is 0 Å². The molecule has 5 nitrogen and oxygen atoms in total. The summed E-state index contributed by atoms with van der Waals surface area (Å²) in [7, 11) is 5.91. The van der Waals surface area contributed by atoms with Crippen LogP contribution in [0.25, 0.3) is 11.3 Å². The van der Waals surface area contributed by atoms with Gasteiger partial charge in [-0.25, -0.2) is 0 Å². The van der Waals surface area contributed by atoms with E-state index < -0.39 is 0 Å². The molecule has 0 aliphatic carbocycles. The van der Waals surface area contributed by atoms with Crippen LogP contribution >= 0.6 is 0 Å². The van der Waals surface area contributed by atoms with Crippen LogP contribution in [0, 0.1) is 0 Å². The Balaban J connectivity index is 1.82. The number of carbonyl (C=O) groups is 1. The van der Waals surface area contributed by atoms with Gasteiger partial charge in [-0.05, 0) is 56.4 Å². The van der Waals surface area contributed by atoms with Crippen molar-refractivity contribution in [2.45, 2.75) is 25.9 Å². The third kappa shape index (κ3) is 5.06.